The highest BCUT2D eigenvalue weighted by Crippen LogP contribution is 2.35. The molecule has 2 aromatic rings. The molecule has 1 aliphatic rings. The lowest BCUT2D eigenvalue weighted by molar-refractivity contribution is -0.141. The van der Waals surface area contributed by atoms with Crippen molar-refractivity contribution in [2.75, 3.05) is 27.3 Å². The van der Waals surface area contributed by atoms with Crippen LogP contribution in [0.2, 0.25) is 0 Å². The van der Waals surface area contributed by atoms with Gasteiger partial charge in [-0.15, -0.1) is 5.10 Å². The molecule has 1 saturated heterocycles. The van der Waals surface area contributed by atoms with Crippen molar-refractivity contribution in [1.29, 1.82) is 0 Å². The van der Waals surface area contributed by atoms with E-state index in [9.17, 15) is 21.6 Å². The summed E-state index contributed by atoms with van der Waals surface area (Å²) >= 11 is 0. The van der Waals surface area contributed by atoms with E-state index in [1.807, 2.05) is 0 Å². The van der Waals surface area contributed by atoms with Crippen molar-refractivity contribution in [1.82, 2.24) is 19.3 Å². The zero-order valence-electron chi connectivity index (χ0n) is 16.7. The second-order valence-corrected chi connectivity index (χ2v) is 9.10. The van der Waals surface area contributed by atoms with E-state index in [1.165, 1.54) is 35.5 Å². The minimum absolute atomic E-state index is 0.0921. The molecule has 0 aliphatic carbocycles. The van der Waals surface area contributed by atoms with Crippen molar-refractivity contribution in [2.45, 2.75) is 23.9 Å². The van der Waals surface area contributed by atoms with E-state index in [0.717, 1.165) is 12.1 Å². The highest BCUT2D eigenvalue weighted by atomic mass is 32.2. The van der Waals surface area contributed by atoms with Gasteiger partial charge < -0.3 is 9.47 Å². The molecule has 12 heteroatoms. The maximum absolute atomic E-state index is 13.1. The molecule has 1 fully saturated rings. The van der Waals surface area contributed by atoms with Gasteiger partial charge in [-0.3, -0.25) is 4.68 Å². The summed E-state index contributed by atoms with van der Waals surface area (Å²) in [6.45, 7) is 0.192. The standard InChI is InChI=1S/C18H23F3N4O4S/c1-24-11-16(22-23-24)30(26,27)25-9-13(15(10-25)17(28-2)29-3)7-12-5-4-6-14(8-12)18(19,20)21/h4-6,8,11,13,15,17H,7,9-10H2,1-3H3. The predicted molar refractivity (Wildman–Crippen MR) is 99.7 cm³/mol. The first-order valence-electron chi connectivity index (χ1n) is 9.14. The second kappa shape index (κ2) is 8.61. The Morgan fingerprint density at radius 2 is 1.93 bits per heavy atom. The fourth-order valence-electron chi connectivity index (χ4n) is 3.78. The quantitative estimate of drug-likeness (QED) is 0.602. The molecule has 30 heavy (non-hydrogen) atoms. The number of hydrogen-bond donors (Lipinski definition) is 0. The average Bonchev–Trinajstić information content (AvgIpc) is 3.30. The zero-order chi connectivity index (χ0) is 22.1. The maximum Gasteiger partial charge on any atom is 0.416 e. The van der Waals surface area contributed by atoms with Gasteiger partial charge in [-0.2, -0.15) is 17.5 Å². The first kappa shape index (κ1) is 22.7. The largest absolute Gasteiger partial charge is 0.416 e. The van der Waals surface area contributed by atoms with E-state index < -0.39 is 28.1 Å². The van der Waals surface area contributed by atoms with E-state index in [2.05, 4.69) is 10.3 Å². The van der Waals surface area contributed by atoms with Crippen molar-refractivity contribution < 1.29 is 31.1 Å². The predicted octanol–water partition coefficient (Wildman–Crippen LogP) is 1.93. The van der Waals surface area contributed by atoms with Crippen molar-refractivity contribution in [3.63, 3.8) is 0 Å². The molecule has 0 spiro atoms. The topological polar surface area (TPSA) is 86.5 Å². The Kier molecular flexibility index (Phi) is 6.51. The fraction of sp³-hybridized carbons (Fsp3) is 0.556. The van der Waals surface area contributed by atoms with Crippen LogP contribution >= 0.6 is 0 Å². The average molecular weight is 448 g/mol. The van der Waals surface area contributed by atoms with Gasteiger partial charge in [0.2, 0.25) is 5.03 Å². The van der Waals surface area contributed by atoms with Crippen LogP contribution in [0.15, 0.2) is 35.5 Å². The molecule has 0 amide bonds. The second-order valence-electron chi connectivity index (χ2n) is 7.22. The van der Waals surface area contributed by atoms with Crippen LogP contribution in [0.3, 0.4) is 0 Å². The summed E-state index contributed by atoms with van der Waals surface area (Å²) in [5, 5.41) is 7.17. The van der Waals surface area contributed by atoms with Crippen LogP contribution in [0.1, 0.15) is 11.1 Å². The number of ether oxygens (including phenoxy) is 2. The van der Waals surface area contributed by atoms with Crippen molar-refractivity contribution in [2.24, 2.45) is 18.9 Å². The van der Waals surface area contributed by atoms with Crippen LogP contribution < -0.4 is 0 Å². The number of benzene rings is 1. The van der Waals surface area contributed by atoms with Gasteiger partial charge in [0.25, 0.3) is 10.0 Å². The van der Waals surface area contributed by atoms with E-state index in [4.69, 9.17) is 9.47 Å². The van der Waals surface area contributed by atoms with Crippen molar-refractivity contribution >= 4 is 10.0 Å². The van der Waals surface area contributed by atoms with E-state index >= 15 is 0 Å². The third kappa shape index (κ3) is 4.66. The monoisotopic (exact) mass is 448 g/mol. The Bertz CT molecular complexity index is 976. The van der Waals surface area contributed by atoms with Gasteiger partial charge in [0.05, 0.1) is 11.8 Å². The molecule has 1 aromatic carbocycles. The molecule has 166 valence electrons. The summed E-state index contributed by atoms with van der Waals surface area (Å²) in [5.74, 6) is -0.689. The van der Waals surface area contributed by atoms with Crippen LogP contribution in [0.4, 0.5) is 13.2 Å². The summed E-state index contributed by atoms with van der Waals surface area (Å²) in [7, 11) is 0.527. The zero-order valence-corrected chi connectivity index (χ0v) is 17.5. The van der Waals surface area contributed by atoms with Gasteiger partial charge in [-0.1, -0.05) is 23.4 Å². The normalized spacial score (nSPS) is 20.9. The Balaban J connectivity index is 1.88. The lowest BCUT2D eigenvalue weighted by Crippen LogP contribution is -2.33. The number of alkyl halides is 3. The van der Waals surface area contributed by atoms with Crippen LogP contribution in [0.5, 0.6) is 0 Å². The number of halogens is 3. The molecule has 1 aliphatic heterocycles. The number of nitrogens with zero attached hydrogens (tertiary/aromatic N) is 4. The molecule has 2 unspecified atom stereocenters. The van der Waals surface area contributed by atoms with E-state index in [1.54, 1.807) is 13.1 Å². The Morgan fingerprint density at radius 1 is 1.23 bits per heavy atom. The minimum Gasteiger partial charge on any atom is -0.356 e. The first-order valence-corrected chi connectivity index (χ1v) is 10.6. The van der Waals surface area contributed by atoms with Gasteiger partial charge in [0, 0.05) is 40.3 Å². The summed E-state index contributed by atoms with van der Waals surface area (Å²) in [4.78, 5) is 0. The number of hydrogen-bond acceptors (Lipinski definition) is 6. The number of sulfonamides is 1. The van der Waals surface area contributed by atoms with Crippen molar-refractivity contribution in [3.05, 3.63) is 41.6 Å². The van der Waals surface area contributed by atoms with Crippen LogP contribution in [-0.4, -0.2) is 61.3 Å². The molecule has 0 N–H and O–H groups in total. The molecule has 0 bridgehead atoms. The maximum atomic E-state index is 13.1. The molecular formula is C18H23F3N4O4S. The van der Waals surface area contributed by atoms with Crippen molar-refractivity contribution in [3.8, 4) is 0 Å². The van der Waals surface area contributed by atoms with Gasteiger partial charge in [0.1, 0.15) is 0 Å². The number of aryl methyl sites for hydroxylation is 1. The molecule has 2 heterocycles. The third-order valence-corrected chi connectivity index (χ3v) is 6.90. The summed E-state index contributed by atoms with van der Waals surface area (Å²) < 4.78 is 78.3. The third-order valence-electron chi connectivity index (χ3n) is 5.21. The molecule has 1 aromatic heterocycles. The highest BCUT2D eigenvalue weighted by Gasteiger charge is 2.44. The van der Waals surface area contributed by atoms with Crippen LogP contribution in [0.25, 0.3) is 0 Å². The Hall–Kier alpha value is -2.02. The fourth-order valence-corrected chi connectivity index (χ4v) is 5.22. The Morgan fingerprint density at radius 3 is 2.50 bits per heavy atom. The lowest BCUT2D eigenvalue weighted by Gasteiger charge is -2.25. The smallest absolute Gasteiger partial charge is 0.356 e. The summed E-state index contributed by atoms with van der Waals surface area (Å²) in [6.07, 6.45) is -3.62. The minimum atomic E-state index is -4.45. The molecule has 2 atom stereocenters. The van der Waals surface area contributed by atoms with Gasteiger partial charge in [0.15, 0.2) is 6.29 Å². The number of aromatic nitrogens is 3. The molecule has 8 nitrogen and oxygen atoms in total. The molecular weight excluding hydrogens is 425 g/mol. The van der Waals surface area contributed by atoms with Gasteiger partial charge in [-0.05, 0) is 24.0 Å². The first-order chi connectivity index (χ1) is 14.1. The van der Waals surface area contributed by atoms with Crippen LogP contribution in [-0.2, 0) is 39.1 Å². The SMILES string of the molecule is COC(OC)C1CN(S(=O)(=O)c2cn(C)nn2)CC1Cc1cccc(C(F)(F)F)c1. The highest BCUT2D eigenvalue weighted by molar-refractivity contribution is 7.89. The van der Waals surface area contributed by atoms with Gasteiger partial charge >= 0.3 is 6.18 Å². The summed E-state index contributed by atoms with van der Waals surface area (Å²) in [5.41, 5.74) is -0.279. The summed E-state index contributed by atoms with van der Waals surface area (Å²) in [6, 6.07) is 5.04. The van der Waals surface area contributed by atoms with Crippen LogP contribution in [0, 0.1) is 11.8 Å². The molecule has 3 rings (SSSR count). The van der Waals surface area contributed by atoms with E-state index in [-0.39, 0.29) is 36.4 Å². The van der Waals surface area contributed by atoms with E-state index in [0.29, 0.717) is 5.56 Å². The Labute approximate surface area is 172 Å². The number of methoxy groups -OCH3 is 2. The lowest BCUT2D eigenvalue weighted by atomic mass is 9.88. The number of rotatable bonds is 7. The van der Waals surface area contributed by atoms with Gasteiger partial charge in [-0.25, -0.2) is 8.42 Å². The molecule has 0 saturated carbocycles. The molecule has 0 radical (unpaired) electrons.